The van der Waals surface area contributed by atoms with Crippen LogP contribution in [0.25, 0.3) is 0 Å². The number of aryl methyl sites for hydroxylation is 2. The van der Waals surface area contributed by atoms with Gasteiger partial charge in [-0.2, -0.15) is 0 Å². The fourth-order valence-electron chi connectivity index (χ4n) is 4.42. The van der Waals surface area contributed by atoms with Gasteiger partial charge in [0.2, 0.25) is 0 Å². The first-order chi connectivity index (χ1) is 10.2. The van der Waals surface area contributed by atoms with Gasteiger partial charge in [-0.25, -0.2) is 0 Å². The molecule has 3 fully saturated rings. The molecule has 112 valence electrons. The van der Waals surface area contributed by atoms with Crippen molar-refractivity contribution >= 4 is 5.91 Å². The first-order valence-corrected chi connectivity index (χ1v) is 8.37. The van der Waals surface area contributed by atoms with Crippen LogP contribution in [0.2, 0.25) is 0 Å². The van der Waals surface area contributed by atoms with E-state index in [0.29, 0.717) is 18.0 Å². The first-order valence-electron chi connectivity index (χ1n) is 8.37. The Morgan fingerprint density at radius 1 is 1.29 bits per heavy atom. The second-order valence-corrected chi connectivity index (χ2v) is 7.05. The van der Waals surface area contributed by atoms with E-state index in [0.717, 1.165) is 18.5 Å². The number of nitrogens with zero attached hydrogens (tertiary/aromatic N) is 1. The molecule has 1 amide bonds. The van der Waals surface area contributed by atoms with E-state index in [1.807, 2.05) is 6.07 Å². The lowest BCUT2D eigenvalue weighted by Gasteiger charge is -2.48. The molecule has 2 bridgehead atoms. The minimum absolute atomic E-state index is 0.121. The zero-order valence-electron chi connectivity index (χ0n) is 12.8. The van der Waals surface area contributed by atoms with Gasteiger partial charge in [-0.1, -0.05) is 6.07 Å². The van der Waals surface area contributed by atoms with Crippen LogP contribution in [0.5, 0.6) is 0 Å². The van der Waals surface area contributed by atoms with Crippen molar-refractivity contribution in [1.82, 2.24) is 10.2 Å². The van der Waals surface area contributed by atoms with Crippen LogP contribution in [-0.4, -0.2) is 36.0 Å². The van der Waals surface area contributed by atoms with Crippen LogP contribution in [0, 0.1) is 5.92 Å². The molecule has 21 heavy (non-hydrogen) atoms. The summed E-state index contributed by atoms with van der Waals surface area (Å²) in [6, 6.07) is 7.30. The highest BCUT2D eigenvalue weighted by Gasteiger charge is 2.38. The van der Waals surface area contributed by atoms with Gasteiger partial charge in [0.1, 0.15) is 0 Å². The van der Waals surface area contributed by atoms with Crippen LogP contribution < -0.4 is 5.32 Å². The van der Waals surface area contributed by atoms with Crippen LogP contribution in [0.3, 0.4) is 0 Å². The Kier molecular flexibility index (Phi) is 3.26. The van der Waals surface area contributed by atoms with Crippen molar-refractivity contribution in [1.29, 1.82) is 0 Å². The molecule has 0 aromatic heterocycles. The molecule has 4 aliphatic rings. The molecule has 0 radical (unpaired) electrons. The van der Waals surface area contributed by atoms with E-state index in [4.69, 9.17) is 0 Å². The van der Waals surface area contributed by atoms with Gasteiger partial charge in [0, 0.05) is 24.2 Å². The van der Waals surface area contributed by atoms with Gasteiger partial charge < -0.3 is 5.32 Å². The average molecular weight is 284 g/mol. The topological polar surface area (TPSA) is 32.3 Å². The van der Waals surface area contributed by atoms with Gasteiger partial charge in [-0.3, -0.25) is 9.69 Å². The maximum absolute atomic E-state index is 12.5. The molecule has 3 heterocycles. The van der Waals surface area contributed by atoms with Crippen molar-refractivity contribution < 1.29 is 4.79 Å². The minimum Gasteiger partial charge on any atom is -0.348 e. The van der Waals surface area contributed by atoms with Crippen LogP contribution in [0.15, 0.2) is 18.2 Å². The zero-order chi connectivity index (χ0) is 14.4. The molecule has 1 N–H and O–H groups in total. The quantitative estimate of drug-likeness (QED) is 0.904. The summed E-state index contributed by atoms with van der Waals surface area (Å²) in [6.07, 6.45) is 6.01. The average Bonchev–Trinajstić information content (AvgIpc) is 2.96. The Hall–Kier alpha value is -1.35. The van der Waals surface area contributed by atoms with Crippen LogP contribution in [0.1, 0.15) is 47.7 Å². The van der Waals surface area contributed by atoms with Gasteiger partial charge in [0.25, 0.3) is 5.91 Å². The Bertz CT molecular complexity index is 568. The fraction of sp³-hybridized carbons (Fsp3) is 0.611. The van der Waals surface area contributed by atoms with E-state index in [-0.39, 0.29) is 5.91 Å². The van der Waals surface area contributed by atoms with E-state index in [9.17, 15) is 4.79 Å². The van der Waals surface area contributed by atoms with Crippen molar-refractivity contribution in [3.63, 3.8) is 0 Å². The molecule has 1 aromatic rings. The van der Waals surface area contributed by atoms with E-state index < -0.39 is 0 Å². The summed E-state index contributed by atoms with van der Waals surface area (Å²) < 4.78 is 0. The third kappa shape index (κ3) is 2.38. The monoisotopic (exact) mass is 284 g/mol. The van der Waals surface area contributed by atoms with Crippen LogP contribution in [0.4, 0.5) is 0 Å². The first kappa shape index (κ1) is 13.3. The van der Waals surface area contributed by atoms with Gasteiger partial charge in [0.05, 0.1) is 0 Å². The molecular weight excluding hydrogens is 260 g/mol. The van der Waals surface area contributed by atoms with Crippen molar-refractivity contribution in [2.24, 2.45) is 5.92 Å². The molecule has 3 heteroatoms. The maximum Gasteiger partial charge on any atom is 0.251 e. The highest BCUT2D eigenvalue weighted by molar-refractivity contribution is 5.94. The number of benzene rings is 1. The lowest BCUT2D eigenvalue weighted by molar-refractivity contribution is 0.0274. The molecule has 5 rings (SSSR count). The number of fused-ring (bicyclic) bond motifs is 4. The normalized spacial score (nSPS) is 33.8. The summed E-state index contributed by atoms with van der Waals surface area (Å²) in [5.74, 6) is 0.791. The second-order valence-electron chi connectivity index (χ2n) is 7.05. The van der Waals surface area contributed by atoms with Crippen LogP contribution in [-0.2, 0) is 12.8 Å². The number of nitrogens with one attached hydrogen (secondary N) is 1. The minimum atomic E-state index is 0.121. The maximum atomic E-state index is 12.5. The fourth-order valence-corrected chi connectivity index (χ4v) is 4.42. The molecule has 4 unspecified atom stereocenters. The zero-order valence-corrected chi connectivity index (χ0v) is 12.8. The van der Waals surface area contributed by atoms with Crippen molar-refractivity contribution in [2.75, 3.05) is 13.1 Å². The SMILES string of the molecule is CC1CC2CCN1CC2NC(=O)c1ccc2c(c1)CCC2. The number of carbonyl (C=O) groups excluding carboxylic acids is 1. The lowest BCUT2D eigenvalue weighted by atomic mass is 9.80. The van der Waals surface area contributed by atoms with Gasteiger partial charge in [-0.05, 0) is 74.8 Å². The molecule has 0 spiro atoms. The summed E-state index contributed by atoms with van der Waals surface area (Å²) in [6.45, 7) is 4.55. The third-order valence-electron chi connectivity index (χ3n) is 5.73. The Morgan fingerprint density at radius 2 is 2.14 bits per heavy atom. The summed E-state index contributed by atoms with van der Waals surface area (Å²) in [4.78, 5) is 15.1. The number of amides is 1. The Labute approximate surface area is 126 Å². The van der Waals surface area contributed by atoms with E-state index in [1.165, 1.54) is 43.4 Å². The number of hydrogen-bond donors (Lipinski definition) is 1. The summed E-state index contributed by atoms with van der Waals surface area (Å²) in [5, 5.41) is 3.30. The standard InChI is InChI=1S/C18H24N2O/c1-12-9-15-7-8-20(12)11-17(15)19-18(21)16-6-5-13-3-2-4-14(13)10-16/h5-6,10,12,15,17H,2-4,7-9,11H2,1H3,(H,19,21). The predicted molar refractivity (Wildman–Crippen MR) is 83.5 cm³/mol. The summed E-state index contributed by atoms with van der Waals surface area (Å²) in [7, 11) is 0. The predicted octanol–water partition coefficient (Wildman–Crippen LogP) is 2.39. The molecular formula is C18H24N2O. The third-order valence-corrected chi connectivity index (χ3v) is 5.73. The van der Waals surface area contributed by atoms with Gasteiger partial charge >= 0.3 is 0 Å². The molecule has 0 saturated carbocycles. The number of hydrogen-bond acceptors (Lipinski definition) is 2. The van der Waals surface area contributed by atoms with Crippen molar-refractivity contribution in [3.8, 4) is 0 Å². The van der Waals surface area contributed by atoms with Crippen molar-refractivity contribution in [3.05, 3.63) is 34.9 Å². The molecule has 1 aromatic carbocycles. The Balaban J connectivity index is 1.46. The molecule has 3 aliphatic heterocycles. The highest BCUT2D eigenvalue weighted by Crippen LogP contribution is 2.32. The van der Waals surface area contributed by atoms with E-state index >= 15 is 0 Å². The van der Waals surface area contributed by atoms with E-state index in [2.05, 4.69) is 29.3 Å². The van der Waals surface area contributed by atoms with Gasteiger partial charge in [0.15, 0.2) is 0 Å². The largest absolute Gasteiger partial charge is 0.348 e. The second kappa shape index (κ2) is 5.13. The van der Waals surface area contributed by atoms with E-state index in [1.54, 1.807) is 0 Å². The molecule has 1 aliphatic carbocycles. The molecule has 4 atom stereocenters. The smallest absolute Gasteiger partial charge is 0.251 e. The van der Waals surface area contributed by atoms with Crippen molar-refractivity contribution in [2.45, 2.75) is 51.1 Å². The Morgan fingerprint density at radius 3 is 2.90 bits per heavy atom. The number of piperidine rings is 3. The van der Waals surface area contributed by atoms with Gasteiger partial charge in [-0.15, -0.1) is 0 Å². The number of carbonyl (C=O) groups is 1. The lowest BCUT2D eigenvalue weighted by Crippen LogP contribution is -2.60. The highest BCUT2D eigenvalue weighted by atomic mass is 16.1. The number of rotatable bonds is 2. The molecule has 3 nitrogen and oxygen atoms in total. The summed E-state index contributed by atoms with van der Waals surface area (Å²) in [5.41, 5.74) is 3.66. The van der Waals surface area contributed by atoms with Crippen LogP contribution >= 0.6 is 0 Å². The molecule has 3 saturated heterocycles. The summed E-state index contributed by atoms with van der Waals surface area (Å²) >= 11 is 0.